The summed E-state index contributed by atoms with van der Waals surface area (Å²) in [5.74, 6) is -0.358. The van der Waals surface area contributed by atoms with Gasteiger partial charge in [-0.15, -0.1) is 0 Å². The summed E-state index contributed by atoms with van der Waals surface area (Å²) < 4.78 is 36.7. The molecule has 0 spiro atoms. The summed E-state index contributed by atoms with van der Waals surface area (Å²) >= 11 is 0. The summed E-state index contributed by atoms with van der Waals surface area (Å²) in [6.45, 7) is 0.299. The minimum absolute atomic E-state index is 0.0305. The van der Waals surface area contributed by atoms with Gasteiger partial charge in [0.05, 0.1) is 29.4 Å². The highest BCUT2D eigenvalue weighted by Crippen LogP contribution is 2.18. The number of furan rings is 1. The number of hydrogen-bond donors (Lipinski definition) is 3. The molecule has 1 aromatic carbocycles. The van der Waals surface area contributed by atoms with Gasteiger partial charge in [0, 0.05) is 5.69 Å². The van der Waals surface area contributed by atoms with E-state index in [1.54, 1.807) is 0 Å². The lowest BCUT2D eigenvalue weighted by Gasteiger charge is -2.15. The molecule has 8 nitrogen and oxygen atoms in total. The highest BCUT2D eigenvalue weighted by molar-refractivity contribution is 7.89. The van der Waals surface area contributed by atoms with Crippen LogP contribution >= 0.6 is 0 Å². The first-order valence-corrected chi connectivity index (χ1v) is 8.70. The molecule has 9 heteroatoms. The van der Waals surface area contributed by atoms with Crippen molar-refractivity contribution >= 4 is 21.6 Å². The quantitative estimate of drug-likeness (QED) is 0.736. The monoisotopic (exact) mass is 352 g/mol. The van der Waals surface area contributed by atoms with Crippen LogP contribution in [-0.4, -0.2) is 38.4 Å². The van der Waals surface area contributed by atoms with Gasteiger partial charge in [-0.1, -0.05) is 0 Å². The number of ether oxygens (including phenoxy) is 1. The molecule has 2 aromatic rings. The van der Waals surface area contributed by atoms with Gasteiger partial charge in [-0.3, -0.25) is 4.79 Å². The number of anilines is 1. The third kappa shape index (κ3) is 3.65. The van der Waals surface area contributed by atoms with Crippen LogP contribution in [0.3, 0.4) is 0 Å². The average molecular weight is 352 g/mol. The number of sulfonamides is 1. The number of amides is 1. The molecule has 3 N–H and O–H groups in total. The van der Waals surface area contributed by atoms with Crippen molar-refractivity contribution in [3.05, 3.63) is 48.4 Å². The van der Waals surface area contributed by atoms with Gasteiger partial charge in [0.25, 0.3) is 5.91 Å². The summed E-state index contributed by atoms with van der Waals surface area (Å²) in [4.78, 5) is 11.9. The Hall–Kier alpha value is -2.20. The Labute approximate surface area is 138 Å². The Kier molecular flexibility index (Phi) is 4.67. The molecule has 2 atom stereocenters. The van der Waals surface area contributed by atoms with Crippen LogP contribution in [0.15, 0.2) is 52.2 Å². The zero-order chi connectivity index (χ0) is 17.2. The molecule has 1 amide bonds. The predicted octanol–water partition coefficient (Wildman–Crippen LogP) is 0.917. The summed E-state index contributed by atoms with van der Waals surface area (Å²) in [5, 5.41) is 12.2. The second-order valence-corrected chi connectivity index (χ2v) is 6.98. The average Bonchev–Trinajstić information content (AvgIpc) is 3.20. The third-order valence-corrected chi connectivity index (χ3v) is 5.08. The van der Waals surface area contributed by atoms with Crippen molar-refractivity contribution < 1.29 is 27.5 Å². The Morgan fingerprint density at radius 3 is 2.54 bits per heavy atom. The van der Waals surface area contributed by atoms with Crippen molar-refractivity contribution in [3.63, 3.8) is 0 Å². The van der Waals surface area contributed by atoms with E-state index in [0.29, 0.717) is 24.3 Å². The van der Waals surface area contributed by atoms with Crippen LogP contribution in [0.1, 0.15) is 16.8 Å². The van der Waals surface area contributed by atoms with Crippen molar-refractivity contribution in [3.8, 4) is 0 Å². The number of aliphatic hydroxyl groups excluding tert-OH is 1. The van der Waals surface area contributed by atoms with Gasteiger partial charge in [-0.2, -0.15) is 0 Å². The van der Waals surface area contributed by atoms with Crippen molar-refractivity contribution in [1.82, 2.24) is 4.72 Å². The maximum Gasteiger partial charge on any atom is 0.258 e. The summed E-state index contributed by atoms with van der Waals surface area (Å²) in [6, 6.07) is 6.55. The van der Waals surface area contributed by atoms with Gasteiger partial charge >= 0.3 is 0 Å². The topological polar surface area (TPSA) is 118 Å². The zero-order valence-electron chi connectivity index (χ0n) is 12.5. The molecular weight excluding hydrogens is 336 g/mol. The fourth-order valence-electron chi connectivity index (χ4n) is 2.27. The van der Waals surface area contributed by atoms with Crippen LogP contribution in [-0.2, 0) is 14.8 Å². The number of aliphatic hydroxyl groups is 1. The number of benzene rings is 1. The van der Waals surface area contributed by atoms with Crippen molar-refractivity contribution in [2.75, 3.05) is 11.9 Å². The molecule has 1 fully saturated rings. The maximum atomic E-state index is 12.3. The summed E-state index contributed by atoms with van der Waals surface area (Å²) in [6.07, 6.45) is 1.96. The van der Waals surface area contributed by atoms with Crippen LogP contribution in [0.2, 0.25) is 0 Å². The van der Waals surface area contributed by atoms with E-state index in [1.807, 2.05) is 0 Å². The van der Waals surface area contributed by atoms with Gasteiger partial charge < -0.3 is 19.6 Å². The van der Waals surface area contributed by atoms with Crippen LogP contribution in [0.25, 0.3) is 0 Å². The fourth-order valence-corrected chi connectivity index (χ4v) is 3.54. The van der Waals surface area contributed by atoms with Crippen molar-refractivity contribution in [2.24, 2.45) is 0 Å². The molecule has 1 saturated heterocycles. The van der Waals surface area contributed by atoms with Gasteiger partial charge in [0.2, 0.25) is 10.0 Å². The van der Waals surface area contributed by atoms with Gasteiger partial charge in [-0.05, 0) is 36.8 Å². The van der Waals surface area contributed by atoms with E-state index in [4.69, 9.17) is 9.15 Å². The molecule has 0 bridgehead atoms. The van der Waals surface area contributed by atoms with Crippen LogP contribution < -0.4 is 10.0 Å². The molecule has 0 unspecified atom stereocenters. The maximum absolute atomic E-state index is 12.3. The largest absolute Gasteiger partial charge is 0.472 e. The first-order valence-electron chi connectivity index (χ1n) is 7.21. The van der Waals surface area contributed by atoms with E-state index in [1.165, 1.54) is 42.9 Å². The second kappa shape index (κ2) is 6.73. The van der Waals surface area contributed by atoms with Gasteiger partial charge in [-0.25, -0.2) is 13.1 Å². The number of rotatable bonds is 5. The Morgan fingerprint density at radius 1 is 1.21 bits per heavy atom. The molecule has 1 aromatic heterocycles. The standard InChI is InChI=1S/C15H16N2O6S/c18-14(10-5-7-22-9-10)16-11-1-3-12(4-2-11)24(20,21)17-13-6-8-23-15(13)19/h1-5,7,9,13,15,17,19H,6,8H2,(H,16,18)/t13-,15-/m0/s1. The number of hydrogen-bond acceptors (Lipinski definition) is 6. The summed E-state index contributed by atoms with van der Waals surface area (Å²) in [7, 11) is -3.78. The van der Waals surface area contributed by atoms with E-state index in [9.17, 15) is 18.3 Å². The first-order chi connectivity index (χ1) is 11.5. The van der Waals surface area contributed by atoms with Crippen LogP contribution in [0.5, 0.6) is 0 Å². The Balaban J connectivity index is 1.68. The van der Waals surface area contributed by atoms with Crippen molar-refractivity contribution in [2.45, 2.75) is 23.6 Å². The van der Waals surface area contributed by atoms with E-state index >= 15 is 0 Å². The minimum atomic E-state index is -3.78. The minimum Gasteiger partial charge on any atom is -0.472 e. The molecule has 128 valence electrons. The highest BCUT2D eigenvalue weighted by Gasteiger charge is 2.30. The van der Waals surface area contributed by atoms with Crippen LogP contribution in [0.4, 0.5) is 5.69 Å². The fraction of sp³-hybridized carbons (Fsp3) is 0.267. The number of nitrogens with one attached hydrogen (secondary N) is 2. The molecule has 1 aliphatic rings. The second-order valence-electron chi connectivity index (χ2n) is 5.27. The predicted molar refractivity (Wildman–Crippen MR) is 83.8 cm³/mol. The van der Waals surface area contributed by atoms with Crippen LogP contribution in [0, 0.1) is 0 Å². The molecule has 0 aliphatic carbocycles. The SMILES string of the molecule is O=C(Nc1ccc(S(=O)(=O)N[C@H]2CCO[C@@H]2O)cc1)c1ccoc1. The lowest BCUT2D eigenvalue weighted by molar-refractivity contribution is -0.0686. The first kappa shape index (κ1) is 16.7. The van der Waals surface area contributed by atoms with E-state index in [2.05, 4.69) is 10.0 Å². The van der Waals surface area contributed by atoms with Gasteiger partial charge in [0.1, 0.15) is 6.26 Å². The van der Waals surface area contributed by atoms with Gasteiger partial charge in [0.15, 0.2) is 6.29 Å². The molecule has 0 saturated carbocycles. The smallest absolute Gasteiger partial charge is 0.258 e. The number of carbonyl (C=O) groups is 1. The molecule has 3 rings (SSSR count). The molecule has 0 radical (unpaired) electrons. The van der Waals surface area contributed by atoms with Crippen molar-refractivity contribution in [1.29, 1.82) is 0 Å². The van der Waals surface area contributed by atoms with E-state index < -0.39 is 22.4 Å². The molecule has 1 aliphatic heterocycles. The normalized spacial score (nSPS) is 20.9. The zero-order valence-corrected chi connectivity index (χ0v) is 13.3. The lowest BCUT2D eigenvalue weighted by Crippen LogP contribution is -2.40. The molecule has 2 heterocycles. The summed E-state index contributed by atoms with van der Waals surface area (Å²) in [5.41, 5.74) is 0.813. The number of carbonyl (C=O) groups excluding carboxylic acids is 1. The molecule has 24 heavy (non-hydrogen) atoms. The highest BCUT2D eigenvalue weighted by atomic mass is 32.2. The van der Waals surface area contributed by atoms with E-state index in [-0.39, 0.29) is 10.8 Å². The Morgan fingerprint density at radius 2 is 1.96 bits per heavy atom. The third-order valence-electron chi connectivity index (χ3n) is 3.57. The lowest BCUT2D eigenvalue weighted by atomic mass is 10.3. The molecular formula is C15H16N2O6S. The Bertz CT molecular complexity index is 801. The van der Waals surface area contributed by atoms with E-state index in [0.717, 1.165) is 0 Å².